The molecule has 1 atom stereocenters. The fourth-order valence-corrected chi connectivity index (χ4v) is 3.95. The number of hydrogen-bond donors (Lipinski definition) is 1. The van der Waals surface area contributed by atoms with Gasteiger partial charge in [-0.25, -0.2) is 29.0 Å². The Balaban J connectivity index is 1.67. The first-order valence-corrected chi connectivity index (χ1v) is 10.2. The smallest absolute Gasteiger partial charge is 0.224 e. The van der Waals surface area contributed by atoms with Gasteiger partial charge in [0.25, 0.3) is 0 Å². The Morgan fingerprint density at radius 3 is 2.73 bits per heavy atom. The number of anilines is 1. The van der Waals surface area contributed by atoms with E-state index >= 15 is 0 Å². The second kappa shape index (κ2) is 8.26. The molecule has 166 valence electrons. The van der Waals surface area contributed by atoms with Crippen LogP contribution in [0.3, 0.4) is 0 Å². The van der Waals surface area contributed by atoms with Crippen LogP contribution in [-0.4, -0.2) is 46.6 Å². The van der Waals surface area contributed by atoms with E-state index in [1.807, 2.05) is 17.7 Å². The van der Waals surface area contributed by atoms with Gasteiger partial charge in [-0.05, 0) is 18.6 Å². The molecule has 10 nitrogen and oxygen atoms in total. The normalized spacial score (nSPS) is 12.2. The average Bonchev–Trinajstić information content (AvgIpc) is 3.47. The minimum absolute atomic E-state index is 0.244. The van der Waals surface area contributed by atoms with Crippen molar-refractivity contribution in [2.45, 2.75) is 19.4 Å². The van der Waals surface area contributed by atoms with Gasteiger partial charge in [0.1, 0.15) is 41.3 Å². The molecule has 2 N–H and O–H groups in total. The summed E-state index contributed by atoms with van der Waals surface area (Å²) >= 11 is 0. The molecule has 0 amide bonds. The van der Waals surface area contributed by atoms with Crippen molar-refractivity contribution in [3.05, 3.63) is 67.0 Å². The van der Waals surface area contributed by atoms with E-state index in [-0.39, 0.29) is 11.9 Å². The number of benzene rings is 1. The molecule has 0 aliphatic rings. The Hall–Kier alpha value is -4.41. The number of fused-ring (bicyclic) bond motifs is 1. The predicted molar refractivity (Wildman–Crippen MR) is 119 cm³/mol. The average molecular weight is 445 g/mol. The number of nitrogens with two attached hydrogens (primary N) is 1. The molecule has 0 radical (unpaired) electrons. The second-order valence-corrected chi connectivity index (χ2v) is 7.32. The van der Waals surface area contributed by atoms with Crippen LogP contribution in [0, 0.1) is 5.82 Å². The summed E-state index contributed by atoms with van der Waals surface area (Å²) in [5, 5.41) is 9.13. The van der Waals surface area contributed by atoms with Crippen LogP contribution in [0.2, 0.25) is 0 Å². The van der Waals surface area contributed by atoms with Crippen LogP contribution < -0.4 is 10.5 Å². The highest BCUT2D eigenvalue weighted by atomic mass is 19.1. The van der Waals surface area contributed by atoms with Crippen LogP contribution in [0.5, 0.6) is 5.88 Å². The van der Waals surface area contributed by atoms with Crippen molar-refractivity contribution in [3.8, 4) is 22.7 Å². The van der Waals surface area contributed by atoms with E-state index < -0.39 is 0 Å². The van der Waals surface area contributed by atoms with Gasteiger partial charge in [0.15, 0.2) is 0 Å². The van der Waals surface area contributed by atoms with Gasteiger partial charge in [0, 0.05) is 18.0 Å². The lowest BCUT2D eigenvalue weighted by Gasteiger charge is -2.15. The number of methoxy groups -OCH3 is 1. The Morgan fingerprint density at radius 2 is 1.94 bits per heavy atom. The summed E-state index contributed by atoms with van der Waals surface area (Å²) in [7, 11) is 1.54. The number of halogens is 1. The summed E-state index contributed by atoms with van der Waals surface area (Å²) in [5.41, 5.74) is 9.25. The van der Waals surface area contributed by atoms with Gasteiger partial charge in [-0.1, -0.05) is 24.3 Å². The third kappa shape index (κ3) is 3.43. The Labute approximate surface area is 187 Å². The van der Waals surface area contributed by atoms with Crippen molar-refractivity contribution in [2.75, 3.05) is 12.8 Å². The molecule has 0 aliphatic carbocycles. The summed E-state index contributed by atoms with van der Waals surface area (Å²) in [6, 6.07) is 6.16. The van der Waals surface area contributed by atoms with E-state index in [1.165, 1.54) is 23.4 Å². The molecule has 0 aliphatic heterocycles. The Morgan fingerprint density at radius 1 is 1.09 bits per heavy atom. The topological polar surface area (TPSA) is 122 Å². The molecule has 0 saturated heterocycles. The number of rotatable bonds is 6. The first-order valence-electron chi connectivity index (χ1n) is 10.2. The minimum Gasteiger partial charge on any atom is -0.480 e. The van der Waals surface area contributed by atoms with E-state index in [0.29, 0.717) is 46.1 Å². The first-order chi connectivity index (χ1) is 16.1. The molecule has 4 aromatic heterocycles. The fourth-order valence-electron chi connectivity index (χ4n) is 3.95. The van der Waals surface area contributed by atoms with Gasteiger partial charge in [-0.15, -0.1) is 5.10 Å². The number of nitrogen functional groups attached to an aromatic ring is 1. The third-order valence-corrected chi connectivity index (χ3v) is 5.47. The maximum Gasteiger partial charge on any atom is 0.224 e. The molecule has 0 fully saturated rings. The molecule has 0 saturated carbocycles. The van der Waals surface area contributed by atoms with Gasteiger partial charge in [-0.3, -0.25) is 0 Å². The first kappa shape index (κ1) is 20.5. The van der Waals surface area contributed by atoms with Crippen molar-refractivity contribution < 1.29 is 9.13 Å². The number of nitrogens with zero attached hydrogens (tertiary/aromatic N) is 8. The molecule has 1 aromatic carbocycles. The molecular formula is C22H20FN9O. The number of hydrogen-bond acceptors (Lipinski definition) is 8. The summed E-state index contributed by atoms with van der Waals surface area (Å²) in [5.74, 6) is 0.350. The summed E-state index contributed by atoms with van der Waals surface area (Å²) in [6.45, 7) is 2.02. The van der Waals surface area contributed by atoms with Crippen molar-refractivity contribution in [1.82, 2.24) is 39.5 Å². The van der Waals surface area contributed by atoms with Crippen molar-refractivity contribution in [2.24, 2.45) is 0 Å². The lowest BCUT2D eigenvalue weighted by atomic mass is 10.1. The van der Waals surface area contributed by atoms with Crippen molar-refractivity contribution in [1.29, 1.82) is 0 Å². The zero-order chi connectivity index (χ0) is 22.9. The summed E-state index contributed by atoms with van der Waals surface area (Å²) in [6.07, 6.45) is 8.79. The molecule has 0 unspecified atom stereocenters. The molecule has 5 aromatic rings. The minimum atomic E-state index is -0.382. The van der Waals surface area contributed by atoms with Gasteiger partial charge in [-0.2, -0.15) is 0 Å². The van der Waals surface area contributed by atoms with Crippen LogP contribution in [0.4, 0.5) is 10.2 Å². The van der Waals surface area contributed by atoms with Crippen LogP contribution in [-0.2, 0) is 0 Å². The largest absolute Gasteiger partial charge is 0.480 e. The van der Waals surface area contributed by atoms with Gasteiger partial charge in [0.2, 0.25) is 5.88 Å². The molecule has 5 rings (SSSR count). The molecular weight excluding hydrogens is 425 g/mol. The molecule has 0 bridgehead atoms. The van der Waals surface area contributed by atoms with Crippen LogP contribution in [0.15, 0.2) is 55.5 Å². The quantitative estimate of drug-likeness (QED) is 0.423. The van der Waals surface area contributed by atoms with E-state index in [2.05, 4.69) is 30.2 Å². The number of aromatic nitrogens is 8. The Bertz CT molecular complexity index is 1450. The van der Waals surface area contributed by atoms with Crippen LogP contribution in [0.1, 0.15) is 25.1 Å². The van der Waals surface area contributed by atoms with E-state index in [0.717, 1.165) is 5.56 Å². The van der Waals surface area contributed by atoms with Crippen molar-refractivity contribution >= 4 is 16.9 Å². The van der Waals surface area contributed by atoms with Crippen molar-refractivity contribution in [3.63, 3.8) is 0 Å². The molecule has 0 spiro atoms. The van der Waals surface area contributed by atoms with Gasteiger partial charge in [0.05, 0.1) is 30.3 Å². The Kier molecular flexibility index (Phi) is 5.13. The van der Waals surface area contributed by atoms with E-state index in [1.54, 1.807) is 37.7 Å². The SMILES string of the molecule is CC[C@@H](c1cn(-c2ccccc2F)nn1)n1cc(-c2cncnc2OC)c2c(N)ncnc21. The lowest BCUT2D eigenvalue weighted by molar-refractivity contribution is 0.398. The molecule has 33 heavy (non-hydrogen) atoms. The van der Waals surface area contributed by atoms with E-state index in [4.69, 9.17) is 10.5 Å². The summed E-state index contributed by atoms with van der Waals surface area (Å²) < 4.78 is 23.1. The molecule has 4 heterocycles. The standard InChI is InChI=1S/C22H20FN9O/c1-3-17(16-10-32(30-29-16)18-7-5-4-6-15(18)23)31-9-14(13-8-25-11-28-22(13)33-2)19-20(24)26-12-27-21(19)31/h4-12,17H,3H2,1-2H3,(H2,24,26,27)/t17-/m0/s1. The number of ether oxygens (including phenoxy) is 1. The summed E-state index contributed by atoms with van der Waals surface area (Å²) in [4.78, 5) is 17.0. The zero-order valence-corrected chi connectivity index (χ0v) is 17.9. The molecule has 11 heteroatoms. The predicted octanol–water partition coefficient (Wildman–Crippen LogP) is 3.20. The monoisotopic (exact) mass is 445 g/mol. The van der Waals surface area contributed by atoms with E-state index in [9.17, 15) is 4.39 Å². The highest BCUT2D eigenvalue weighted by Crippen LogP contribution is 2.38. The van der Waals surface area contributed by atoms with Gasteiger partial charge >= 0.3 is 0 Å². The lowest BCUT2D eigenvalue weighted by Crippen LogP contribution is -2.10. The number of para-hydroxylation sites is 1. The fraction of sp³-hybridized carbons (Fsp3) is 0.182. The van der Waals surface area contributed by atoms with Crippen LogP contribution >= 0.6 is 0 Å². The zero-order valence-electron chi connectivity index (χ0n) is 17.9. The maximum absolute atomic E-state index is 14.3. The second-order valence-electron chi connectivity index (χ2n) is 7.32. The maximum atomic E-state index is 14.3. The van der Waals surface area contributed by atoms with Crippen LogP contribution in [0.25, 0.3) is 27.8 Å². The van der Waals surface area contributed by atoms with Gasteiger partial charge < -0.3 is 15.0 Å². The highest BCUT2D eigenvalue weighted by Gasteiger charge is 2.24. The third-order valence-electron chi connectivity index (χ3n) is 5.47. The highest BCUT2D eigenvalue weighted by molar-refractivity contribution is 6.01.